The van der Waals surface area contributed by atoms with E-state index in [-0.39, 0.29) is 11.9 Å². The van der Waals surface area contributed by atoms with Gasteiger partial charge in [0.15, 0.2) is 0 Å². The Balaban J connectivity index is 2.64. The fraction of sp³-hybridized carbons (Fsp3) is 0.375. The van der Waals surface area contributed by atoms with Crippen LogP contribution >= 0.6 is 0 Å². The average molecular weight is 196 g/mol. The van der Waals surface area contributed by atoms with Crippen LogP contribution in [-0.4, -0.2) is 29.0 Å². The number of hydrogen-bond acceptors (Lipinski definition) is 5. The van der Waals surface area contributed by atoms with Crippen LogP contribution in [0.2, 0.25) is 0 Å². The summed E-state index contributed by atoms with van der Waals surface area (Å²) in [6.45, 7) is 1.60. The zero-order valence-electron chi connectivity index (χ0n) is 8.02. The van der Waals surface area contributed by atoms with Crippen molar-refractivity contribution in [2.75, 3.05) is 12.4 Å². The van der Waals surface area contributed by atoms with Crippen LogP contribution < -0.4 is 15.8 Å². The van der Waals surface area contributed by atoms with Crippen molar-refractivity contribution in [3.05, 3.63) is 12.4 Å². The number of aromatic nitrogens is 2. The van der Waals surface area contributed by atoms with Gasteiger partial charge in [-0.3, -0.25) is 4.79 Å². The molecule has 0 saturated heterocycles. The lowest BCUT2D eigenvalue weighted by molar-refractivity contribution is -0.117. The first-order valence-corrected chi connectivity index (χ1v) is 4.06. The van der Waals surface area contributed by atoms with E-state index in [9.17, 15) is 4.79 Å². The summed E-state index contributed by atoms with van der Waals surface area (Å²) in [6, 6.07) is -0.305. The summed E-state index contributed by atoms with van der Waals surface area (Å²) in [6.07, 6.45) is 2.90. The van der Waals surface area contributed by atoms with Crippen LogP contribution in [-0.2, 0) is 4.79 Å². The molecule has 1 atom stereocenters. The maximum Gasteiger partial charge on any atom is 0.316 e. The number of nitrogens with two attached hydrogens (primary N) is 1. The van der Waals surface area contributed by atoms with Crippen molar-refractivity contribution in [1.82, 2.24) is 9.97 Å². The lowest BCUT2D eigenvalue weighted by Crippen LogP contribution is -2.32. The van der Waals surface area contributed by atoms with Crippen molar-refractivity contribution in [2.24, 2.45) is 5.73 Å². The molecule has 1 rings (SSSR count). The van der Waals surface area contributed by atoms with Crippen LogP contribution in [0.5, 0.6) is 6.01 Å². The van der Waals surface area contributed by atoms with E-state index in [0.717, 1.165) is 0 Å². The minimum Gasteiger partial charge on any atom is -0.467 e. The zero-order chi connectivity index (χ0) is 10.6. The van der Waals surface area contributed by atoms with Gasteiger partial charge in [-0.15, -0.1) is 0 Å². The second-order valence-electron chi connectivity index (χ2n) is 2.74. The summed E-state index contributed by atoms with van der Waals surface area (Å²) in [4.78, 5) is 18.8. The van der Waals surface area contributed by atoms with Crippen molar-refractivity contribution in [2.45, 2.75) is 13.0 Å². The molecule has 1 heterocycles. The minimum atomic E-state index is -0.558. The SMILES string of the molecule is COc1ncc(NC(=O)[C@H](C)N)cn1. The molecule has 0 fully saturated rings. The summed E-state index contributed by atoms with van der Waals surface area (Å²) in [7, 11) is 1.47. The molecule has 0 aromatic carbocycles. The Morgan fingerprint density at radius 3 is 2.57 bits per heavy atom. The van der Waals surface area contributed by atoms with Gasteiger partial charge < -0.3 is 15.8 Å². The van der Waals surface area contributed by atoms with Crippen LogP contribution in [0.1, 0.15) is 6.92 Å². The number of anilines is 1. The Hall–Kier alpha value is -1.69. The van der Waals surface area contributed by atoms with Gasteiger partial charge in [0.05, 0.1) is 31.2 Å². The second kappa shape index (κ2) is 4.52. The normalized spacial score (nSPS) is 11.9. The Morgan fingerprint density at radius 2 is 2.14 bits per heavy atom. The Labute approximate surface area is 81.5 Å². The largest absolute Gasteiger partial charge is 0.467 e. The van der Waals surface area contributed by atoms with E-state index in [1.807, 2.05) is 0 Å². The van der Waals surface area contributed by atoms with Crippen molar-refractivity contribution >= 4 is 11.6 Å². The molecule has 0 radical (unpaired) electrons. The van der Waals surface area contributed by atoms with E-state index >= 15 is 0 Å². The molecule has 0 unspecified atom stereocenters. The third kappa shape index (κ3) is 2.67. The molecule has 0 aliphatic heterocycles. The molecule has 1 aromatic heterocycles. The van der Waals surface area contributed by atoms with Crippen molar-refractivity contribution in [1.29, 1.82) is 0 Å². The summed E-state index contributed by atoms with van der Waals surface area (Å²) in [5.41, 5.74) is 5.86. The first-order valence-electron chi connectivity index (χ1n) is 4.06. The highest BCUT2D eigenvalue weighted by molar-refractivity contribution is 5.94. The standard InChI is InChI=1S/C8H12N4O2/c1-5(9)7(13)12-6-3-10-8(14-2)11-4-6/h3-5H,9H2,1-2H3,(H,12,13)/t5-/m0/s1. The van der Waals surface area contributed by atoms with Gasteiger partial charge in [-0.25, -0.2) is 9.97 Å². The highest BCUT2D eigenvalue weighted by atomic mass is 16.5. The third-order valence-electron chi connectivity index (χ3n) is 1.49. The Morgan fingerprint density at radius 1 is 1.57 bits per heavy atom. The Kier molecular flexibility index (Phi) is 3.35. The molecule has 0 bridgehead atoms. The van der Waals surface area contributed by atoms with Crippen LogP contribution in [0.15, 0.2) is 12.4 Å². The van der Waals surface area contributed by atoms with Crippen LogP contribution in [0.4, 0.5) is 5.69 Å². The monoisotopic (exact) mass is 196 g/mol. The van der Waals surface area contributed by atoms with Crippen LogP contribution in [0, 0.1) is 0 Å². The summed E-state index contributed by atoms with van der Waals surface area (Å²) >= 11 is 0. The first kappa shape index (κ1) is 10.4. The maximum atomic E-state index is 11.1. The molecule has 0 spiro atoms. The minimum absolute atomic E-state index is 0.254. The van der Waals surface area contributed by atoms with Crippen molar-refractivity contribution in [3.63, 3.8) is 0 Å². The second-order valence-corrected chi connectivity index (χ2v) is 2.74. The van der Waals surface area contributed by atoms with Gasteiger partial charge >= 0.3 is 6.01 Å². The van der Waals surface area contributed by atoms with Gasteiger partial charge in [0.1, 0.15) is 0 Å². The van der Waals surface area contributed by atoms with E-state index < -0.39 is 6.04 Å². The molecule has 1 aromatic rings. The summed E-state index contributed by atoms with van der Waals surface area (Å²) in [5, 5.41) is 2.55. The molecule has 0 aliphatic rings. The van der Waals surface area contributed by atoms with Crippen LogP contribution in [0.25, 0.3) is 0 Å². The van der Waals surface area contributed by atoms with Crippen LogP contribution in [0.3, 0.4) is 0 Å². The summed E-state index contributed by atoms with van der Waals surface area (Å²) < 4.78 is 4.76. The fourth-order valence-electron chi connectivity index (χ4n) is 0.742. The molecule has 0 saturated carbocycles. The molecule has 1 amide bonds. The lowest BCUT2D eigenvalue weighted by atomic mass is 10.3. The number of methoxy groups -OCH3 is 1. The predicted molar refractivity (Wildman–Crippen MR) is 50.9 cm³/mol. The van der Waals surface area contributed by atoms with E-state index in [0.29, 0.717) is 5.69 Å². The first-order chi connectivity index (χ1) is 6.63. The van der Waals surface area contributed by atoms with E-state index in [1.54, 1.807) is 6.92 Å². The number of rotatable bonds is 3. The number of nitrogens with one attached hydrogen (secondary N) is 1. The number of carbonyl (C=O) groups is 1. The van der Waals surface area contributed by atoms with E-state index in [4.69, 9.17) is 10.5 Å². The summed E-state index contributed by atoms with van der Waals surface area (Å²) in [5.74, 6) is -0.279. The molecule has 76 valence electrons. The van der Waals surface area contributed by atoms with Gasteiger partial charge in [0.25, 0.3) is 0 Å². The van der Waals surface area contributed by atoms with Crippen molar-refractivity contribution < 1.29 is 9.53 Å². The topological polar surface area (TPSA) is 90.1 Å². The van der Waals surface area contributed by atoms with Gasteiger partial charge in [-0.05, 0) is 6.92 Å². The fourth-order valence-corrected chi connectivity index (χ4v) is 0.742. The maximum absolute atomic E-state index is 11.1. The number of ether oxygens (including phenoxy) is 1. The number of hydrogen-bond donors (Lipinski definition) is 2. The highest BCUT2D eigenvalue weighted by Crippen LogP contribution is 2.06. The van der Waals surface area contributed by atoms with Gasteiger partial charge in [-0.2, -0.15) is 0 Å². The quantitative estimate of drug-likeness (QED) is 0.697. The number of nitrogens with zero attached hydrogens (tertiary/aromatic N) is 2. The zero-order valence-corrected chi connectivity index (χ0v) is 8.02. The van der Waals surface area contributed by atoms with E-state index in [2.05, 4.69) is 15.3 Å². The van der Waals surface area contributed by atoms with E-state index in [1.165, 1.54) is 19.5 Å². The Bertz CT molecular complexity index is 310. The molecule has 3 N–H and O–H groups in total. The molecular formula is C8H12N4O2. The number of carbonyl (C=O) groups excluding carboxylic acids is 1. The molecule has 14 heavy (non-hydrogen) atoms. The molecular weight excluding hydrogens is 184 g/mol. The van der Waals surface area contributed by atoms with Gasteiger partial charge in [0.2, 0.25) is 5.91 Å². The molecule has 6 heteroatoms. The smallest absolute Gasteiger partial charge is 0.316 e. The predicted octanol–water partition coefficient (Wildman–Crippen LogP) is -0.229. The lowest BCUT2D eigenvalue weighted by Gasteiger charge is -2.06. The van der Waals surface area contributed by atoms with Gasteiger partial charge in [0, 0.05) is 0 Å². The molecule has 6 nitrogen and oxygen atoms in total. The highest BCUT2D eigenvalue weighted by Gasteiger charge is 2.07. The third-order valence-corrected chi connectivity index (χ3v) is 1.49. The average Bonchev–Trinajstić information content (AvgIpc) is 2.19. The van der Waals surface area contributed by atoms with Crippen molar-refractivity contribution in [3.8, 4) is 6.01 Å². The van der Waals surface area contributed by atoms with Gasteiger partial charge in [-0.1, -0.05) is 0 Å². The number of amides is 1. The molecule has 0 aliphatic carbocycles.